The third-order valence-electron chi connectivity index (χ3n) is 4.65. The first-order chi connectivity index (χ1) is 13.3. The number of aromatic nitrogens is 1. The second-order valence-electron chi connectivity index (χ2n) is 6.45. The molecule has 2 aromatic heterocycles. The quantitative estimate of drug-likeness (QED) is 0.521. The van der Waals surface area contributed by atoms with Crippen LogP contribution in [0.25, 0.3) is 22.2 Å². The van der Waals surface area contributed by atoms with Gasteiger partial charge >= 0.3 is 0 Å². The van der Waals surface area contributed by atoms with Gasteiger partial charge in [-0.2, -0.15) is 0 Å². The van der Waals surface area contributed by atoms with E-state index in [2.05, 4.69) is 30.1 Å². The molecule has 2 N–H and O–H groups in total. The molecule has 0 bridgehead atoms. The smallest absolute Gasteiger partial charge is 0.143 e. The Labute approximate surface area is 158 Å². The number of rotatable bonds is 6. The van der Waals surface area contributed by atoms with Crippen LogP contribution in [0.2, 0.25) is 0 Å². The number of hydrogen-bond acceptors (Lipinski definition) is 4. The minimum absolute atomic E-state index is 0.408. The van der Waals surface area contributed by atoms with Gasteiger partial charge in [0, 0.05) is 17.5 Å². The first kappa shape index (κ1) is 17.3. The predicted molar refractivity (Wildman–Crippen MR) is 107 cm³/mol. The Balaban J connectivity index is 1.70. The third kappa shape index (κ3) is 3.57. The Bertz CT molecular complexity index is 1070. The summed E-state index contributed by atoms with van der Waals surface area (Å²) < 4.78 is 11.8. The van der Waals surface area contributed by atoms with Crippen LogP contribution in [0.4, 0.5) is 0 Å². The average molecular weight is 358 g/mol. The van der Waals surface area contributed by atoms with Crippen molar-refractivity contribution in [2.24, 2.45) is 5.73 Å². The molecule has 0 aliphatic rings. The second kappa shape index (κ2) is 7.64. The second-order valence-corrected chi connectivity index (χ2v) is 6.45. The maximum absolute atomic E-state index is 6.10. The minimum atomic E-state index is 0.408. The molecule has 27 heavy (non-hydrogen) atoms. The fraction of sp³-hybridized carbons (Fsp3) is 0.174. The number of nitrogens with zero attached hydrogens (tertiary/aromatic N) is 1. The summed E-state index contributed by atoms with van der Waals surface area (Å²) in [5, 5.41) is 1.04. The molecule has 0 atom stereocenters. The van der Waals surface area contributed by atoms with Crippen LogP contribution in [0.15, 0.2) is 71.3 Å². The number of furan rings is 1. The molecule has 0 amide bonds. The minimum Gasteiger partial charge on any atom is -0.489 e. The molecule has 0 saturated heterocycles. The standard InChI is InChI=1S/C23H22N2O2/c1-2-17-6-3-4-9-22(17)27-15-16-12-18-10-11-26-23(18)20(13-16)21-8-5-7-19(14-24)25-21/h3-13H,2,14-15,24H2,1H3. The van der Waals surface area contributed by atoms with E-state index in [-0.39, 0.29) is 0 Å². The van der Waals surface area contributed by atoms with Crippen molar-refractivity contribution in [3.8, 4) is 17.0 Å². The summed E-state index contributed by atoms with van der Waals surface area (Å²) in [4.78, 5) is 4.65. The Morgan fingerprint density at radius 2 is 1.93 bits per heavy atom. The molecule has 0 saturated carbocycles. The Hall–Kier alpha value is -3.11. The van der Waals surface area contributed by atoms with E-state index in [1.54, 1.807) is 6.26 Å². The third-order valence-corrected chi connectivity index (χ3v) is 4.65. The van der Waals surface area contributed by atoms with Gasteiger partial charge in [-0.25, -0.2) is 0 Å². The van der Waals surface area contributed by atoms with Crippen LogP contribution in [0.3, 0.4) is 0 Å². The molecular formula is C23H22N2O2. The summed E-state index contributed by atoms with van der Waals surface area (Å²) in [5.74, 6) is 0.928. The number of fused-ring (bicyclic) bond motifs is 1. The topological polar surface area (TPSA) is 61.3 Å². The van der Waals surface area contributed by atoms with Crippen LogP contribution in [0, 0.1) is 0 Å². The van der Waals surface area contributed by atoms with E-state index in [0.717, 1.165) is 45.7 Å². The fourth-order valence-corrected chi connectivity index (χ4v) is 3.26. The van der Waals surface area contributed by atoms with Crippen LogP contribution < -0.4 is 10.5 Å². The highest BCUT2D eigenvalue weighted by atomic mass is 16.5. The van der Waals surface area contributed by atoms with Gasteiger partial charge in [0.2, 0.25) is 0 Å². The van der Waals surface area contributed by atoms with Crippen LogP contribution >= 0.6 is 0 Å². The Kier molecular flexibility index (Phi) is 4.90. The van der Waals surface area contributed by atoms with Gasteiger partial charge in [-0.05, 0) is 53.9 Å². The van der Waals surface area contributed by atoms with Crippen molar-refractivity contribution in [2.45, 2.75) is 26.5 Å². The molecular weight excluding hydrogens is 336 g/mol. The number of pyridine rings is 1. The van der Waals surface area contributed by atoms with E-state index in [1.807, 2.05) is 42.5 Å². The summed E-state index contributed by atoms with van der Waals surface area (Å²) in [7, 11) is 0. The van der Waals surface area contributed by atoms with Crippen molar-refractivity contribution in [1.82, 2.24) is 4.98 Å². The van der Waals surface area contributed by atoms with Crippen molar-refractivity contribution in [3.63, 3.8) is 0 Å². The van der Waals surface area contributed by atoms with Gasteiger partial charge in [0.05, 0.1) is 17.7 Å². The maximum atomic E-state index is 6.10. The van der Waals surface area contributed by atoms with Crippen molar-refractivity contribution < 1.29 is 9.15 Å². The lowest BCUT2D eigenvalue weighted by Gasteiger charge is -2.12. The van der Waals surface area contributed by atoms with E-state index in [0.29, 0.717) is 13.2 Å². The summed E-state index contributed by atoms with van der Waals surface area (Å²) in [6.45, 7) is 3.03. The van der Waals surface area contributed by atoms with E-state index in [1.165, 1.54) is 5.56 Å². The van der Waals surface area contributed by atoms with Gasteiger partial charge < -0.3 is 14.9 Å². The number of hydrogen-bond donors (Lipinski definition) is 1. The van der Waals surface area contributed by atoms with Crippen LogP contribution in [0.5, 0.6) is 5.75 Å². The lowest BCUT2D eigenvalue weighted by atomic mass is 10.0. The van der Waals surface area contributed by atoms with Crippen molar-refractivity contribution in [1.29, 1.82) is 0 Å². The zero-order chi connectivity index (χ0) is 18.6. The molecule has 136 valence electrons. The Morgan fingerprint density at radius 3 is 2.78 bits per heavy atom. The first-order valence-corrected chi connectivity index (χ1v) is 9.15. The largest absolute Gasteiger partial charge is 0.489 e. The molecule has 0 aliphatic heterocycles. The number of aryl methyl sites for hydroxylation is 1. The number of nitrogens with two attached hydrogens (primary N) is 1. The van der Waals surface area contributed by atoms with Gasteiger partial charge in [-0.15, -0.1) is 0 Å². The highest BCUT2D eigenvalue weighted by molar-refractivity contribution is 5.92. The SMILES string of the molecule is CCc1ccccc1OCc1cc(-c2cccc(CN)n2)c2occc2c1. The highest BCUT2D eigenvalue weighted by Crippen LogP contribution is 2.31. The molecule has 4 heteroatoms. The number of ether oxygens (including phenoxy) is 1. The lowest BCUT2D eigenvalue weighted by molar-refractivity contribution is 0.303. The summed E-state index contributed by atoms with van der Waals surface area (Å²) in [5.41, 5.74) is 11.5. The van der Waals surface area contributed by atoms with Gasteiger partial charge in [0.1, 0.15) is 17.9 Å². The normalized spacial score (nSPS) is 11.0. The lowest BCUT2D eigenvalue weighted by Crippen LogP contribution is -2.01. The van der Waals surface area contributed by atoms with Gasteiger partial charge in [0.25, 0.3) is 0 Å². The van der Waals surface area contributed by atoms with E-state index >= 15 is 0 Å². The molecule has 2 aromatic carbocycles. The number of benzene rings is 2. The fourth-order valence-electron chi connectivity index (χ4n) is 3.26. The van der Waals surface area contributed by atoms with Gasteiger partial charge in [-0.3, -0.25) is 4.98 Å². The van der Waals surface area contributed by atoms with Gasteiger partial charge in [-0.1, -0.05) is 31.2 Å². The molecule has 0 aliphatic carbocycles. The number of para-hydroxylation sites is 1. The predicted octanol–water partition coefficient (Wildman–Crippen LogP) is 5.09. The van der Waals surface area contributed by atoms with Crippen molar-refractivity contribution in [2.75, 3.05) is 0 Å². The molecule has 0 spiro atoms. The van der Waals surface area contributed by atoms with Gasteiger partial charge in [0.15, 0.2) is 0 Å². The molecule has 0 unspecified atom stereocenters. The molecule has 4 rings (SSSR count). The summed E-state index contributed by atoms with van der Waals surface area (Å²) in [6.07, 6.45) is 2.65. The first-order valence-electron chi connectivity index (χ1n) is 9.15. The molecule has 4 nitrogen and oxygen atoms in total. The van der Waals surface area contributed by atoms with Crippen molar-refractivity contribution in [3.05, 3.63) is 83.7 Å². The average Bonchev–Trinajstić information content (AvgIpc) is 3.20. The molecule has 0 radical (unpaired) electrons. The zero-order valence-corrected chi connectivity index (χ0v) is 15.3. The van der Waals surface area contributed by atoms with Crippen LogP contribution in [-0.4, -0.2) is 4.98 Å². The van der Waals surface area contributed by atoms with Crippen LogP contribution in [-0.2, 0) is 19.6 Å². The maximum Gasteiger partial charge on any atom is 0.143 e. The molecule has 2 heterocycles. The summed E-state index contributed by atoms with van der Waals surface area (Å²) >= 11 is 0. The monoisotopic (exact) mass is 358 g/mol. The Morgan fingerprint density at radius 1 is 1.04 bits per heavy atom. The zero-order valence-electron chi connectivity index (χ0n) is 15.3. The van der Waals surface area contributed by atoms with E-state index < -0.39 is 0 Å². The van der Waals surface area contributed by atoms with E-state index in [9.17, 15) is 0 Å². The molecule has 4 aromatic rings. The van der Waals surface area contributed by atoms with Crippen LogP contribution in [0.1, 0.15) is 23.7 Å². The summed E-state index contributed by atoms with van der Waals surface area (Å²) in [6, 6.07) is 20.2. The van der Waals surface area contributed by atoms with Crippen molar-refractivity contribution >= 4 is 11.0 Å². The molecule has 0 fully saturated rings. The highest BCUT2D eigenvalue weighted by Gasteiger charge is 2.12. The van der Waals surface area contributed by atoms with E-state index in [4.69, 9.17) is 14.9 Å².